The average Bonchev–Trinajstić information content (AvgIpc) is 3.47. The highest BCUT2D eigenvalue weighted by atomic mass is 32.1. The zero-order chi connectivity index (χ0) is 25.8. The minimum atomic E-state index is -0.0590. The first-order valence-electron chi connectivity index (χ1n) is 13.0. The predicted molar refractivity (Wildman–Crippen MR) is 146 cm³/mol. The lowest BCUT2D eigenvalue weighted by Gasteiger charge is -2.39. The van der Waals surface area contributed by atoms with Crippen molar-refractivity contribution in [3.63, 3.8) is 0 Å². The molecule has 5 rings (SSSR count). The molecule has 2 aliphatic rings. The molecule has 0 saturated carbocycles. The monoisotopic (exact) mass is 518 g/mol. The van der Waals surface area contributed by atoms with Gasteiger partial charge in [0, 0.05) is 63.8 Å². The first kappa shape index (κ1) is 25.2. The Morgan fingerprint density at radius 2 is 1.62 bits per heavy atom. The zero-order valence-electron chi connectivity index (χ0n) is 21.5. The molecule has 1 atom stereocenters. The van der Waals surface area contributed by atoms with Crippen LogP contribution in [0, 0.1) is 0 Å². The molecule has 1 unspecified atom stereocenters. The standard InChI is InChI=1S/C28H34N6O2S/c1-21(22-8-4-3-5-9-22)31(2)27(35)24-20-37-26(30-24)23-11-14-33(15-12-23)28(36)34-18-16-32(17-19-34)25-10-6-7-13-29-25/h3-10,13,20-21,23H,11-12,14-19H2,1-2H3. The van der Waals surface area contributed by atoms with Gasteiger partial charge < -0.3 is 19.6 Å². The third-order valence-corrected chi connectivity index (χ3v) is 8.57. The van der Waals surface area contributed by atoms with E-state index in [2.05, 4.69) is 9.88 Å². The molecule has 3 aromatic rings. The smallest absolute Gasteiger partial charge is 0.320 e. The zero-order valence-corrected chi connectivity index (χ0v) is 22.3. The summed E-state index contributed by atoms with van der Waals surface area (Å²) in [6.45, 7) is 6.49. The second-order valence-corrected chi connectivity index (χ2v) is 10.7. The molecule has 3 amide bonds. The van der Waals surface area contributed by atoms with Gasteiger partial charge in [-0.05, 0) is 37.5 Å². The van der Waals surface area contributed by atoms with Crippen LogP contribution in [0.5, 0.6) is 0 Å². The van der Waals surface area contributed by atoms with E-state index in [9.17, 15) is 9.59 Å². The lowest BCUT2D eigenvalue weighted by molar-refractivity contribution is 0.0737. The minimum absolute atomic E-state index is 0.0288. The van der Waals surface area contributed by atoms with Crippen LogP contribution < -0.4 is 4.90 Å². The Labute approximate surface area is 222 Å². The van der Waals surface area contributed by atoms with Crippen molar-refractivity contribution in [1.29, 1.82) is 0 Å². The van der Waals surface area contributed by atoms with Gasteiger partial charge in [0.25, 0.3) is 5.91 Å². The summed E-state index contributed by atoms with van der Waals surface area (Å²) in [5.41, 5.74) is 1.61. The number of urea groups is 1. The van der Waals surface area contributed by atoms with Crippen molar-refractivity contribution < 1.29 is 9.59 Å². The second kappa shape index (κ2) is 11.3. The van der Waals surface area contributed by atoms with Gasteiger partial charge in [0.15, 0.2) is 0 Å². The Morgan fingerprint density at radius 3 is 2.30 bits per heavy atom. The van der Waals surface area contributed by atoms with Crippen LogP contribution in [0.4, 0.5) is 10.6 Å². The molecule has 2 aliphatic heterocycles. The van der Waals surface area contributed by atoms with Crippen LogP contribution in [-0.2, 0) is 0 Å². The Kier molecular flexibility index (Phi) is 7.69. The number of carbonyl (C=O) groups excluding carboxylic acids is 2. The normalized spacial score (nSPS) is 17.5. The molecule has 0 radical (unpaired) electrons. The Hall–Kier alpha value is -3.46. The van der Waals surface area contributed by atoms with Crippen molar-refractivity contribution in [2.24, 2.45) is 0 Å². The number of thiazole rings is 1. The number of anilines is 1. The van der Waals surface area contributed by atoms with E-state index >= 15 is 0 Å². The van der Waals surface area contributed by atoms with E-state index in [1.54, 1.807) is 16.2 Å². The van der Waals surface area contributed by atoms with Crippen LogP contribution in [0.1, 0.15) is 52.8 Å². The third-order valence-electron chi connectivity index (χ3n) is 7.56. The number of aromatic nitrogens is 2. The summed E-state index contributed by atoms with van der Waals surface area (Å²) in [6.07, 6.45) is 3.55. The van der Waals surface area contributed by atoms with Gasteiger partial charge in [-0.1, -0.05) is 36.4 Å². The second-order valence-electron chi connectivity index (χ2n) is 9.78. The van der Waals surface area contributed by atoms with Crippen LogP contribution in [0.15, 0.2) is 60.1 Å². The highest BCUT2D eigenvalue weighted by Crippen LogP contribution is 2.31. The maximum absolute atomic E-state index is 13.1. The molecule has 0 bridgehead atoms. The van der Waals surface area contributed by atoms with Crippen molar-refractivity contribution in [3.8, 4) is 0 Å². The van der Waals surface area contributed by atoms with Gasteiger partial charge in [0.05, 0.1) is 11.0 Å². The van der Waals surface area contributed by atoms with E-state index in [1.165, 1.54) is 0 Å². The molecule has 194 valence electrons. The molecule has 37 heavy (non-hydrogen) atoms. The third kappa shape index (κ3) is 5.61. The van der Waals surface area contributed by atoms with Crippen molar-refractivity contribution in [2.75, 3.05) is 51.2 Å². The Morgan fingerprint density at radius 1 is 0.946 bits per heavy atom. The largest absolute Gasteiger partial charge is 0.353 e. The van der Waals surface area contributed by atoms with E-state index in [0.717, 1.165) is 55.4 Å². The number of rotatable bonds is 5. The molecular formula is C28H34N6O2S. The maximum Gasteiger partial charge on any atom is 0.320 e. The summed E-state index contributed by atoms with van der Waals surface area (Å²) in [5, 5.41) is 2.88. The first-order valence-corrected chi connectivity index (χ1v) is 13.9. The van der Waals surface area contributed by atoms with Gasteiger partial charge in [-0.3, -0.25) is 4.79 Å². The number of piperazine rings is 1. The molecule has 0 N–H and O–H groups in total. The van der Waals surface area contributed by atoms with Crippen LogP contribution in [0.2, 0.25) is 0 Å². The number of piperidine rings is 1. The van der Waals surface area contributed by atoms with E-state index in [-0.39, 0.29) is 23.9 Å². The molecule has 2 fully saturated rings. The number of carbonyl (C=O) groups is 2. The lowest BCUT2D eigenvalue weighted by atomic mass is 9.98. The molecular weight excluding hydrogens is 484 g/mol. The van der Waals surface area contributed by atoms with E-state index in [4.69, 9.17) is 4.98 Å². The summed E-state index contributed by atoms with van der Waals surface area (Å²) in [7, 11) is 1.83. The SMILES string of the molecule is CC(c1ccccc1)N(C)C(=O)c1csc(C2CCN(C(=O)N3CCN(c4ccccn4)CC3)CC2)n1. The lowest BCUT2D eigenvalue weighted by Crippen LogP contribution is -2.54. The number of hydrogen-bond donors (Lipinski definition) is 0. The molecule has 2 saturated heterocycles. The minimum Gasteiger partial charge on any atom is -0.353 e. The van der Waals surface area contributed by atoms with Gasteiger partial charge in [0.2, 0.25) is 0 Å². The number of likely N-dealkylation sites (tertiary alicyclic amines) is 1. The number of nitrogens with zero attached hydrogens (tertiary/aromatic N) is 6. The highest BCUT2D eigenvalue weighted by Gasteiger charge is 2.31. The van der Waals surface area contributed by atoms with Crippen LogP contribution in [-0.4, -0.2) is 82.9 Å². The molecule has 8 nitrogen and oxygen atoms in total. The van der Waals surface area contributed by atoms with Crippen LogP contribution >= 0.6 is 11.3 Å². The van der Waals surface area contributed by atoms with Gasteiger partial charge in [-0.15, -0.1) is 11.3 Å². The quantitative estimate of drug-likeness (QED) is 0.498. The number of pyridine rings is 1. The van der Waals surface area contributed by atoms with Gasteiger partial charge in [0.1, 0.15) is 11.5 Å². The van der Waals surface area contributed by atoms with Crippen molar-refractivity contribution in [1.82, 2.24) is 24.7 Å². The molecule has 9 heteroatoms. The summed E-state index contributed by atoms with van der Waals surface area (Å²) in [6, 6.07) is 16.1. The van der Waals surface area contributed by atoms with E-state index in [0.29, 0.717) is 18.8 Å². The maximum atomic E-state index is 13.1. The topological polar surface area (TPSA) is 72.9 Å². The van der Waals surface area contributed by atoms with Gasteiger partial charge in [-0.2, -0.15) is 0 Å². The van der Waals surface area contributed by atoms with Gasteiger partial charge >= 0.3 is 6.03 Å². The number of hydrogen-bond acceptors (Lipinski definition) is 6. The van der Waals surface area contributed by atoms with Crippen molar-refractivity contribution in [3.05, 3.63) is 76.4 Å². The Balaban J connectivity index is 1.12. The molecule has 0 spiro atoms. The fourth-order valence-electron chi connectivity index (χ4n) is 5.07. The first-order chi connectivity index (χ1) is 18.0. The van der Waals surface area contributed by atoms with E-state index in [1.807, 2.05) is 83.9 Å². The predicted octanol–water partition coefficient (Wildman–Crippen LogP) is 4.49. The molecule has 2 aromatic heterocycles. The fourth-order valence-corrected chi connectivity index (χ4v) is 6.04. The Bertz CT molecular complexity index is 1190. The summed E-state index contributed by atoms with van der Waals surface area (Å²) in [4.78, 5) is 43.3. The van der Waals surface area contributed by atoms with Gasteiger partial charge in [-0.25, -0.2) is 14.8 Å². The summed E-state index contributed by atoms with van der Waals surface area (Å²) in [5.74, 6) is 1.20. The molecule has 1 aromatic carbocycles. The number of amides is 3. The van der Waals surface area contributed by atoms with Crippen molar-refractivity contribution >= 4 is 29.1 Å². The highest BCUT2D eigenvalue weighted by molar-refractivity contribution is 7.09. The molecule has 0 aliphatic carbocycles. The average molecular weight is 519 g/mol. The van der Waals surface area contributed by atoms with Crippen molar-refractivity contribution in [2.45, 2.75) is 31.7 Å². The fraction of sp³-hybridized carbons (Fsp3) is 0.429. The van der Waals surface area contributed by atoms with Crippen LogP contribution in [0.25, 0.3) is 0 Å². The molecule has 4 heterocycles. The van der Waals surface area contributed by atoms with E-state index < -0.39 is 0 Å². The summed E-state index contributed by atoms with van der Waals surface area (Å²) < 4.78 is 0. The number of benzene rings is 1. The summed E-state index contributed by atoms with van der Waals surface area (Å²) >= 11 is 1.56. The van der Waals surface area contributed by atoms with Crippen LogP contribution in [0.3, 0.4) is 0 Å².